The molecule has 0 saturated carbocycles. The summed E-state index contributed by atoms with van der Waals surface area (Å²) < 4.78 is 13.2. The molecule has 5 aromatic rings. The van der Waals surface area contributed by atoms with Gasteiger partial charge < -0.3 is 15.6 Å². The number of halogens is 1. The lowest BCUT2D eigenvalue weighted by molar-refractivity contribution is 0.251. The van der Waals surface area contributed by atoms with Gasteiger partial charge in [-0.2, -0.15) is 0 Å². The first-order chi connectivity index (χ1) is 17.1. The molecule has 3 aromatic carbocycles. The monoisotopic (exact) mass is 461 g/mol. The molecule has 0 radical (unpaired) electrons. The number of aromatic nitrogens is 3. The van der Waals surface area contributed by atoms with Crippen molar-refractivity contribution in [2.24, 2.45) is 0 Å². The molecule has 0 aliphatic rings. The van der Waals surface area contributed by atoms with Gasteiger partial charge in [0.1, 0.15) is 5.82 Å². The van der Waals surface area contributed by atoms with Crippen molar-refractivity contribution >= 4 is 22.8 Å². The predicted molar refractivity (Wildman–Crippen MR) is 134 cm³/mol. The van der Waals surface area contributed by atoms with Crippen molar-refractivity contribution in [1.29, 1.82) is 0 Å². The second kappa shape index (κ2) is 9.89. The highest BCUT2D eigenvalue weighted by molar-refractivity contribution is 5.90. The largest absolute Gasteiger partial charge is 0.345 e. The molecule has 0 atom stereocenters. The standard InChI is InChI=1S/C28H20FN5O/c29-23-6-2-19(3-7-23)1-5-22-16-24(8-9-25(22)21-11-13-30-14-12-21)34-28(35)31-17-20-4-10-26-27(15-20)33-18-32-26/h2-4,6-16,18H,17H2,(H,32,33)(H2,31,34,35). The topological polar surface area (TPSA) is 82.7 Å². The van der Waals surface area contributed by atoms with E-state index in [1.54, 1.807) is 30.9 Å². The van der Waals surface area contributed by atoms with Crippen LogP contribution in [0.1, 0.15) is 16.7 Å². The van der Waals surface area contributed by atoms with E-state index in [1.165, 1.54) is 12.1 Å². The molecule has 35 heavy (non-hydrogen) atoms. The number of fused-ring (bicyclic) bond motifs is 1. The molecule has 0 fully saturated rings. The number of carbonyl (C=O) groups is 1. The summed E-state index contributed by atoms with van der Waals surface area (Å²) >= 11 is 0. The summed E-state index contributed by atoms with van der Waals surface area (Å²) in [5, 5.41) is 5.74. The number of imidazole rings is 1. The van der Waals surface area contributed by atoms with Gasteiger partial charge in [0.15, 0.2) is 0 Å². The minimum Gasteiger partial charge on any atom is -0.345 e. The number of anilines is 1. The first-order valence-electron chi connectivity index (χ1n) is 10.9. The van der Waals surface area contributed by atoms with E-state index in [0.717, 1.165) is 33.3 Å². The summed E-state index contributed by atoms with van der Waals surface area (Å²) in [7, 11) is 0. The third-order valence-electron chi connectivity index (χ3n) is 5.39. The Bertz CT molecular complexity index is 1550. The fourth-order valence-corrected chi connectivity index (χ4v) is 3.63. The van der Waals surface area contributed by atoms with E-state index >= 15 is 0 Å². The quantitative estimate of drug-likeness (QED) is 0.310. The maximum Gasteiger partial charge on any atom is 0.319 e. The summed E-state index contributed by atoms with van der Waals surface area (Å²) in [5.41, 5.74) is 6.63. The minimum atomic E-state index is -0.330. The van der Waals surface area contributed by atoms with Gasteiger partial charge in [0.05, 0.1) is 17.4 Å². The van der Waals surface area contributed by atoms with Crippen LogP contribution in [0, 0.1) is 17.7 Å². The van der Waals surface area contributed by atoms with Gasteiger partial charge in [0.25, 0.3) is 0 Å². The fourth-order valence-electron chi connectivity index (χ4n) is 3.63. The van der Waals surface area contributed by atoms with Gasteiger partial charge in [-0.1, -0.05) is 24.0 Å². The number of amides is 2. The maximum absolute atomic E-state index is 13.2. The number of hydrogen-bond donors (Lipinski definition) is 3. The van der Waals surface area contributed by atoms with E-state index in [4.69, 9.17) is 0 Å². The molecule has 0 spiro atoms. The van der Waals surface area contributed by atoms with Crippen molar-refractivity contribution in [1.82, 2.24) is 20.3 Å². The maximum atomic E-state index is 13.2. The number of nitrogens with zero attached hydrogens (tertiary/aromatic N) is 2. The first-order valence-corrected chi connectivity index (χ1v) is 10.9. The van der Waals surface area contributed by atoms with E-state index in [0.29, 0.717) is 17.8 Å². The highest BCUT2D eigenvalue weighted by Gasteiger charge is 2.08. The lowest BCUT2D eigenvalue weighted by atomic mass is 10.00. The Morgan fingerprint density at radius 1 is 0.943 bits per heavy atom. The molecular formula is C28H20FN5O. The number of aromatic amines is 1. The number of benzene rings is 3. The third-order valence-corrected chi connectivity index (χ3v) is 5.39. The average molecular weight is 462 g/mol. The molecule has 170 valence electrons. The summed E-state index contributed by atoms with van der Waals surface area (Å²) in [4.78, 5) is 23.9. The van der Waals surface area contributed by atoms with Crippen LogP contribution in [0.25, 0.3) is 22.2 Å². The van der Waals surface area contributed by atoms with Crippen LogP contribution in [-0.4, -0.2) is 21.0 Å². The van der Waals surface area contributed by atoms with Gasteiger partial charge in [-0.15, -0.1) is 0 Å². The van der Waals surface area contributed by atoms with Gasteiger partial charge >= 0.3 is 6.03 Å². The molecular weight excluding hydrogens is 441 g/mol. The van der Waals surface area contributed by atoms with Crippen LogP contribution >= 0.6 is 0 Å². The zero-order valence-corrected chi connectivity index (χ0v) is 18.5. The van der Waals surface area contributed by atoms with Gasteiger partial charge in [-0.05, 0) is 77.4 Å². The van der Waals surface area contributed by atoms with Gasteiger partial charge in [0, 0.05) is 35.8 Å². The zero-order chi connectivity index (χ0) is 24.0. The van der Waals surface area contributed by atoms with Crippen molar-refractivity contribution < 1.29 is 9.18 Å². The van der Waals surface area contributed by atoms with E-state index < -0.39 is 0 Å². The Balaban J connectivity index is 1.35. The van der Waals surface area contributed by atoms with Gasteiger partial charge in [-0.3, -0.25) is 4.98 Å². The van der Waals surface area contributed by atoms with Gasteiger partial charge in [-0.25, -0.2) is 14.2 Å². The zero-order valence-electron chi connectivity index (χ0n) is 18.5. The molecule has 2 amide bonds. The van der Waals surface area contributed by atoms with Crippen LogP contribution in [0.5, 0.6) is 0 Å². The molecule has 5 rings (SSSR count). The molecule has 2 heterocycles. The SMILES string of the molecule is O=C(NCc1ccc2nc[nH]c2c1)Nc1ccc(-c2ccncc2)c(C#Cc2ccc(F)cc2)c1. The molecule has 3 N–H and O–H groups in total. The number of H-pyrrole nitrogens is 1. The van der Waals surface area contributed by atoms with Crippen molar-refractivity contribution in [3.8, 4) is 23.0 Å². The Morgan fingerprint density at radius 2 is 1.77 bits per heavy atom. The third kappa shape index (κ3) is 5.34. The Kier molecular flexibility index (Phi) is 6.18. The number of carbonyl (C=O) groups excluding carboxylic acids is 1. The Morgan fingerprint density at radius 3 is 2.60 bits per heavy atom. The minimum absolute atomic E-state index is 0.310. The molecule has 0 aliphatic carbocycles. The van der Waals surface area contributed by atoms with Gasteiger partial charge in [0.2, 0.25) is 0 Å². The van der Waals surface area contributed by atoms with E-state index in [-0.39, 0.29) is 11.8 Å². The summed E-state index contributed by atoms with van der Waals surface area (Å²) in [6.07, 6.45) is 5.07. The van der Waals surface area contributed by atoms with Crippen molar-refractivity contribution in [3.63, 3.8) is 0 Å². The molecule has 0 unspecified atom stereocenters. The molecule has 2 aromatic heterocycles. The van der Waals surface area contributed by atoms with Crippen LogP contribution in [0.2, 0.25) is 0 Å². The number of rotatable bonds is 4. The van der Waals surface area contributed by atoms with Crippen molar-refractivity contribution in [3.05, 3.63) is 114 Å². The molecule has 0 saturated heterocycles. The summed E-state index contributed by atoms with van der Waals surface area (Å²) in [6.45, 7) is 0.368. The smallest absolute Gasteiger partial charge is 0.319 e. The van der Waals surface area contributed by atoms with Crippen molar-refractivity contribution in [2.75, 3.05) is 5.32 Å². The second-order valence-corrected chi connectivity index (χ2v) is 7.81. The summed E-state index contributed by atoms with van der Waals surface area (Å²) in [6, 6.07) is 20.8. The Hall–Kier alpha value is -4.96. The lowest BCUT2D eigenvalue weighted by Gasteiger charge is -2.11. The van der Waals surface area contributed by atoms with E-state index in [2.05, 4.69) is 37.4 Å². The number of urea groups is 1. The molecule has 6 nitrogen and oxygen atoms in total. The number of pyridine rings is 1. The van der Waals surface area contributed by atoms with Crippen LogP contribution < -0.4 is 10.6 Å². The fraction of sp³-hybridized carbons (Fsp3) is 0.0357. The number of nitrogens with one attached hydrogen (secondary N) is 3. The second-order valence-electron chi connectivity index (χ2n) is 7.81. The number of hydrogen-bond acceptors (Lipinski definition) is 3. The normalized spacial score (nSPS) is 10.4. The first kappa shape index (κ1) is 21.9. The summed E-state index contributed by atoms with van der Waals surface area (Å²) in [5.74, 6) is 5.92. The average Bonchev–Trinajstić information content (AvgIpc) is 3.36. The van der Waals surface area contributed by atoms with E-state index in [1.807, 2.05) is 48.5 Å². The molecule has 0 bridgehead atoms. The van der Waals surface area contributed by atoms with E-state index in [9.17, 15) is 9.18 Å². The van der Waals surface area contributed by atoms with Crippen LogP contribution in [-0.2, 0) is 6.54 Å². The van der Waals surface area contributed by atoms with Crippen LogP contribution in [0.3, 0.4) is 0 Å². The van der Waals surface area contributed by atoms with Crippen LogP contribution in [0.15, 0.2) is 91.5 Å². The highest BCUT2D eigenvalue weighted by atomic mass is 19.1. The molecule has 0 aliphatic heterocycles. The lowest BCUT2D eigenvalue weighted by Crippen LogP contribution is -2.28. The molecule has 7 heteroatoms. The van der Waals surface area contributed by atoms with Crippen LogP contribution in [0.4, 0.5) is 14.9 Å². The highest BCUT2D eigenvalue weighted by Crippen LogP contribution is 2.26. The Labute approximate surface area is 201 Å². The van der Waals surface area contributed by atoms with Crippen molar-refractivity contribution in [2.45, 2.75) is 6.54 Å². The predicted octanol–water partition coefficient (Wildman–Crippen LogP) is 5.49.